The van der Waals surface area contributed by atoms with Crippen molar-refractivity contribution >= 4 is 11.9 Å². The Morgan fingerprint density at radius 3 is 2.64 bits per heavy atom. The second-order valence-corrected chi connectivity index (χ2v) is 5.20. The second-order valence-electron chi connectivity index (χ2n) is 5.20. The number of carboxylic acid groups (broad SMARTS) is 1. The fourth-order valence-corrected chi connectivity index (χ4v) is 3.03. The number of nitrogens with zero attached hydrogens (tertiary/aromatic N) is 1. The van der Waals surface area contributed by atoms with Crippen molar-refractivity contribution in [2.75, 3.05) is 20.8 Å². The topological polar surface area (TPSA) is 78.9 Å². The molecule has 1 aliphatic heterocycles. The first kappa shape index (κ1) is 16.1. The van der Waals surface area contributed by atoms with Gasteiger partial charge in [-0.3, -0.25) is 4.79 Å². The Hall–Kier alpha value is -2.24. The lowest BCUT2D eigenvalue weighted by molar-refractivity contribution is -0.314. The first-order chi connectivity index (χ1) is 10.5. The average molecular weight is 306 g/mol. The van der Waals surface area contributed by atoms with E-state index in [0.717, 1.165) is 0 Å². The number of benzene rings is 1. The number of carbonyl (C=O) groups is 2. The van der Waals surface area contributed by atoms with Crippen molar-refractivity contribution in [3.05, 3.63) is 23.8 Å². The normalized spacial score (nSPS) is 21.6. The molecule has 1 aromatic rings. The van der Waals surface area contributed by atoms with Crippen LogP contribution in [-0.2, 0) is 9.59 Å². The molecule has 1 aromatic carbocycles. The van der Waals surface area contributed by atoms with E-state index in [1.807, 2.05) is 6.92 Å². The number of hydrogen-bond acceptors (Lipinski definition) is 5. The first-order valence-electron chi connectivity index (χ1n) is 7.25. The number of aliphatic carboxylic acids is 1. The van der Waals surface area contributed by atoms with Gasteiger partial charge in [-0.2, -0.15) is 0 Å². The maximum atomic E-state index is 12.2. The Morgan fingerprint density at radius 2 is 2.09 bits per heavy atom. The van der Waals surface area contributed by atoms with E-state index in [4.69, 9.17) is 9.47 Å². The van der Waals surface area contributed by atoms with Crippen molar-refractivity contribution in [3.63, 3.8) is 0 Å². The van der Waals surface area contributed by atoms with Gasteiger partial charge in [0, 0.05) is 30.4 Å². The molecule has 6 nitrogen and oxygen atoms in total. The Balaban J connectivity index is 2.56. The third-order valence-corrected chi connectivity index (χ3v) is 4.11. The lowest BCUT2D eigenvalue weighted by Crippen LogP contribution is -2.48. The quantitative estimate of drug-likeness (QED) is 0.802. The summed E-state index contributed by atoms with van der Waals surface area (Å²) in [5.74, 6) is -0.860. The first-order valence-corrected chi connectivity index (χ1v) is 7.25. The number of piperidine rings is 1. The minimum absolute atomic E-state index is 0.0603. The molecule has 0 spiro atoms. The number of carboxylic acids is 1. The van der Waals surface area contributed by atoms with E-state index in [-0.39, 0.29) is 18.7 Å². The van der Waals surface area contributed by atoms with Crippen LogP contribution >= 0.6 is 0 Å². The highest BCUT2D eigenvalue weighted by Crippen LogP contribution is 2.41. The molecule has 1 aliphatic rings. The molecule has 22 heavy (non-hydrogen) atoms. The van der Waals surface area contributed by atoms with Gasteiger partial charge >= 0.3 is 0 Å². The fourth-order valence-electron chi connectivity index (χ4n) is 3.03. The number of methoxy groups -OCH3 is 2. The van der Waals surface area contributed by atoms with E-state index in [1.54, 1.807) is 23.1 Å². The van der Waals surface area contributed by atoms with Gasteiger partial charge in [-0.25, -0.2) is 0 Å². The summed E-state index contributed by atoms with van der Waals surface area (Å²) in [7, 11) is 3.05. The van der Waals surface area contributed by atoms with Crippen LogP contribution in [-0.4, -0.2) is 37.5 Å². The molecule has 6 heteroatoms. The van der Waals surface area contributed by atoms with Gasteiger partial charge in [0.05, 0.1) is 20.3 Å². The van der Waals surface area contributed by atoms with Crippen molar-refractivity contribution in [3.8, 4) is 11.5 Å². The van der Waals surface area contributed by atoms with Crippen molar-refractivity contribution in [1.29, 1.82) is 0 Å². The van der Waals surface area contributed by atoms with Gasteiger partial charge in [0.25, 0.3) is 0 Å². The largest absolute Gasteiger partial charge is 0.550 e. The molecule has 0 bridgehead atoms. The van der Waals surface area contributed by atoms with Crippen molar-refractivity contribution in [1.82, 2.24) is 4.90 Å². The van der Waals surface area contributed by atoms with Gasteiger partial charge in [0.1, 0.15) is 11.5 Å². The maximum absolute atomic E-state index is 12.2. The Bertz CT molecular complexity index is 570. The minimum atomic E-state index is -1.15. The minimum Gasteiger partial charge on any atom is -0.550 e. The lowest BCUT2D eigenvalue weighted by atomic mass is 9.84. The van der Waals surface area contributed by atoms with Crippen LogP contribution in [0.1, 0.15) is 31.4 Å². The predicted molar refractivity (Wildman–Crippen MR) is 77.4 cm³/mol. The highest BCUT2D eigenvalue weighted by molar-refractivity contribution is 5.81. The molecule has 1 heterocycles. The summed E-state index contributed by atoms with van der Waals surface area (Å²) < 4.78 is 10.6. The Labute approximate surface area is 129 Å². The summed E-state index contributed by atoms with van der Waals surface area (Å²) in [4.78, 5) is 25.3. The highest BCUT2D eigenvalue weighted by atomic mass is 16.5. The van der Waals surface area contributed by atoms with Crippen molar-refractivity contribution < 1.29 is 24.2 Å². The van der Waals surface area contributed by atoms with Gasteiger partial charge in [0.2, 0.25) is 5.91 Å². The Morgan fingerprint density at radius 1 is 1.36 bits per heavy atom. The second kappa shape index (κ2) is 6.68. The van der Waals surface area contributed by atoms with Gasteiger partial charge in [-0.15, -0.1) is 0 Å². The number of likely N-dealkylation sites (tertiary alicyclic amines) is 1. The van der Waals surface area contributed by atoms with Crippen molar-refractivity contribution in [2.45, 2.75) is 25.8 Å². The van der Waals surface area contributed by atoms with E-state index >= 15 is 0 Å². The number of rotatable bonds is 5. The number of amides is 1. The van der Waals surface area contributed by atoms with Gasteiger partial charge in [-0.05, 0) is 31.5 Å². The average Bonchev–Trinajstić information content (AvgIpc) is 2.53. The van der Waals surface area contributed by atoms with E-state index in [0.29, 0.717) is 23.6 Å². The van der Waals surface area contributed by atoms with Gasteiger partial charge in [0.15, 0.2) is 0 Å². The summed E-state index contributed by atoms with van der Waals surface area (Å²) in [6.07, 6.45) is 0.484. The molecule has 2 atom stereocenters. The molecule has 120 valence electrons. The van der Waals surface area contributed by atoms with E-state index in [1.165, 1.54) is 14.2 Å². The molecule has 0 saturated carbocycles. The summed E-state index contributed by atoms with van der Waals surface area (Å²) in [6, 6.07) is 4.56. The van der Waals surface area contributed by atoms with Gasteiger partial charge in [-0.1, -0.05) is 0 Å². The molecular weight excluding hydrogens is 286 g/mol. The van der Waals surface area contributed by atoms with Crippen LogP contribution in [0.25, 0.3) is 0 Å². The third-order valence-electron chi connectivity index (χ3n) is 4.11. The van der Waals surface area contributed by atoms with Gasteiger partial charge < -0.3 is 24.3 Å². The van der Waals surface area contributed by atoms with Crippen molar-refractivity contribution in [2.24, 2.45) is 5.92 Å². The molecule has 1 fully saturated rings. The highest BCUT2D eigenvalue weighted by Gasteiger charge is 2.38. The van der Waals surface area contributed by atoms with Crippen LogP contribution in [0.15, 0.2) is 18.2 Å². The fraction of sp³-hybridized carbons (Fsp3) is 0.500. The zero-order valence-electron chi connectivity index (χ0n) is 13.0. The zero-order chi connectivity index (χ0) is 16.3. The maximum Gasteiger partial charge on any atom is 0.223 e. The van der Waals surface area contributed by atoms with E-state index in [9.17, 15) is 14.7 Å². The standard InChI is InChI=1S/C16H21NO5/c1-4-17-14(18)8-6-11(16(19)20)15(17)12-9-10(21-2)5-7-13(12)22-3/h5,7,9,11,15H,4,6,8H2,1-3H3,(H,19,20)/p-1/t11-,15-/m0/s1. The van der Waals surface area contributed by atoms with Crippen LogP contribution in [0.3, 0.4) is 0 Å². The molecule has 0 N–H and O–H groups in total. The predicted octanol–water partition coefficient (Wildman–Crippen LogP) is 0.753. The number of ether oxygens (including phenoxy) is 2. The molecule has 1 saturated heterocycles. The molecule has 1 amide bonds. The van der Waals surface area contributed by atoms with Crippen LogP contribution in [0, 0.1) is 5.92 Å². The molecular formula is C16H20NO5-. The SMILES string of the molecule is CCN1C(=O)CC[C@H](C(=O)[O-])[C@H]1c1cc(OC)ccc1OC. The van der Waals surface area contributed by atoms with Crippen LogP contribution < -0.4 is 14.6 Å². The smallest absolute Gasteiger partial charge is 0.223 e. The van der Waals surface area contributed by atoms with Crippen LogP contribution in [0.4, 0.5) is 0 Å². The number of hydrogen-bond donors (Lipinski definition) is 0. The molecule has 0 radical (unpaired) electrons. The van der Waals surface area contributed by atoms with Crippen LogP contribution in [0.2, 0.25) is 0 Å². The number of carbonyl (C=O) groups excluding carboxylic acids is 2. The lowest BCUT2D eigenvalue weighted by Gasteiger charge is -2.42. The molecule has 0 unspecified atom stereocenters. The zero-order valence-corrected chi connectivity index (χ0v) is 13.0. The van der Waals surface area contributed by atoms with Crippen LogP contribution in [0.5, 0.6) is 11.5 Å². The summed E-state index contributed by atoms with van der Waals surface area (Å²) in [5.41, 5.74) is 0.631. The van der Waals surface area contributed by atoms with E-state index in [2.05, 4.69) is 0 Å². The summed E-state index contributed by atoms with van der Waals surface area (Å²) >= 11 is 0. The van der Waals surface area contributed by atoms with E-state index < -0.39 is 17.9 Å². The molecule has 0 aromatic heterocycles. The third kappa shape index (κ3) is 2.86. The summed E-state index contributed by atoms with van der Waals surface area (Å²) in [5, 5.41) is 11.5. The summed E-state index contributed by atoms with van der Waals surface area (Å²) in [6.45, 7) is 2.25. The molecule has 2 rings (SSSR count). The monoisotopic (exact) mass is 306 g/mol. The Kier molecular flexibility index (Phi) is 4.90. The molecule has 0 aliphatic carbocycles.